The summed E-state index contributed by atoms with van der Waals surface area (Å²) in [4.78, 5) is 30.9. The van der Waals surface area contributed by atoms with Crippen molar-refractivity contribution in [3.63, 3.8) is 0 Å². The molecule has 0 bridgehead atoms. The molecule has 3 aromatic rings. The number of carbonyl (C=O) groups is 2. The minimum absolute atomic E-state index is 0.0136. The van der Waals surface area contributed by atoms with Crippen LogP contribution in [0.15, 0.2) is 34.2 Å². The lowest BCUT2D eigenvalue weighted by molar-refractivity contribution is 0.0199. The van der Waals surface area contributed by atoms with Gasteiger partial charge in [0.2, 0.25) is 0 Å². The zero-order chi connectivity index (χ0) is 25.2. The van der Waals surface area contributed by atoms with Crippen LogP contribution in [0.2, 0.25) is 0 Å². The van der Waals surface area contributed by atoms with Crippen LogP contribution in [0.25, 0.3) is 21.8 Å². The van der Waals surface area contributed by atoms with Crippen molar-refractivity contribution in [2.75, 3.05) is 19.7 Å². The summed E-state index contributed by atoms with van der Waals surface area (Å²) in [6, 6.07) is 5.98. The van der Waals surface area contributed by atoms with Crippen LogP contribution in [0.3, 0.4) is 0 Å². The number of amides is 1. The van der Waals surface area contributed by atoms with Crippen molar-refractivity contribution < 1.29 is 28.0 Å². The van der Waals surface area contributed by atoms with E-state index in [-0.39, 0.29) is 30.1 Å². The Morgan fingerprint density at radius 1 is 1.20 bits per heavy atom. The number of nitrogens with zero attached hydrogens (tertiary/aromatic N) is 3. The Kier molecular flexibility index (Phi) is 7.20. The third-order valence-corrected chi connectivity index (χ3v) is 6.42. The zero-order valence-corrected chi connectivity index (χ0v) is 21.0. The van der Waals surface area contributed by atoms with Gasteiger partial charge in [0.1, 0.15) is 22.1 Å². The van der Waals surface area contributed by atoms with Crippen LogP contribution >= 0.6 is 11.3 Å². The third kappa shape index (κ3) is 5.70. The summed E-state index contributed by atoms with van der Waals surface area (Å²) in [7, 11) is 0. The fourth-order valence-corrected chi connectivity index (χ4v) is 4.77. The first kappa shape index (κ1) is 24.8. The molecule has 10 heteroatoms. The quantitative estimate of drug-likeness (QED) is 0.402. The van der Waals surface area contributed by atoms with E-state index in [9.17, 15) is 14.0 Å². The van der Waals surface area contributed by atoms with Crippen LogP contribution < -0.4 is 0 Å². The molecule has 0 aliphatic carbocycles. The molecule has 0 N–H and O–H groups in total. The molecule has 8 nitrogen and oxygen atoms in total. The molecule has 1 fully saturated rings. The number of benzene rings is 1. The second kappa shape index (κ2) is 10.2. The Morgan fingerprint density at radius 3 is 2.51 bits per heavy atom. The Bertz CT molecular complexity index is 1190. The monoisotopic (exact) mass is 501 g/mol. The number of hydrogen-bond acceptors (Lipinski definition) is 8. The summed E-state index contributed by atoms with van der Waals surface area (Å²) >= 11 is 1.29. The SMILES string of the molecule is CCOC(=O)c1csc(-c2c(-c3ccc(F)cc3)noc2C2CCN(C(=O)OC(C)(C)C)CC2)n1. The third-order valence-electron chi connectivity index (χ3n) is 5.56. The molecule has 2 aromatic heterocycles. The number of hydrogen-bond donors (Lipinski definition) is 0. The minimum atomic E-state index is -0.558. The highest BCUT2D eigenvalue weighted by Gasteiger charge is 2.33. The topological polar surface area (TPSA) is 94.8 Å². The van der Waals surface area contributed by atoms with Crippen LogP contribution in [0, 0.1) is 5.82 Å². The predicted octanol–water partition coefficient (Wildman–Crippen LogP) is 5.90. The maximum atomic E-state index is 13.5. The molecule has 0 unspecified atom stereocenters. The number of piperidine rings is 1. The summed E-state index contributed by atoms with van der Waals surface area (Å²) in [6.07, 6.45) is 0.973. The van der Waals surface area contributed by atoms with E-state index < -0.39 is 11.6 Å². The van der Waals surface area contributed by atoms with Crippen molar-refractivity contribution in [3.05, 3.63) is 46.9 Å². The van der Waals surface area contributed by atoms with Gasteiger partial charge in [0.25, 0.3) is 0 Å². The van der Waals surface area contributed by atoms with Gasteiger partial charge in [-0.1, -0.05) is 5.16 Å². The summed E-state index contributed by atoms with van der Waals surface area (Å²) in [5, 5.41) is 6.52. The first-order chi connectivity index (χ1) is 16.7. The molecule has 1 saturated heterocycles. The van der Waals surface area contributed by atoms with Gasteiger partial charge in [0.15, 0.2) is 11.5 Å². The molecular formula is C25H28FN3O5S. The van der Waals surface area contributed by atoms with Gasteiger partial charge in [-0.25, -0.2) is 19.0 Å². The largest absolute Gasteiger partial charge is 0.461 e. The molecule has 186 valence electrons. The van der Waals surface area contributed by atoms with Crippen LogP contribution in [0.4, 0.5) is 9.18 Å². The average Bonchev–Trinajstić information content (AvgIpc) is 3.46. The van der Waals surface area contributed by atoms with Gasteiger partial charge in [-0.05, 0) is 64.8 Å². The Labute approximate surface area is 207 Å². The molecule has 0 saturated carbocycles. The number of esters is 1. The summed E-state index contributed by atoms with van der Waals surface area (Å²) < 4.78 is 30.0. The molecule has 1 aliphatic rings. The lowest BCUT2D eigenvalue weighted by atomic mass is 9.91. The number of rotatable bonds is 5. The van der Waals surface area contributed by atoms with E-state index in [1.54, 1.807) is 29.3 Å². The first-order valence-corrected chi connectivity index (χ1v) is 12.4. The van der Waals surface area contributed by atoms with Gasteiger partial charge in [0.05, 0.1) is 12.2 Å². The lowest BCUT2D eigenvalue weighted by Crippen LogP contribution is -2.41. The fraction of sp³-hybridized carbons (Fsp3) is 0.440. The smallest absolute Gasteiger partial charge is 0.410 e. The Hall–Kier alpha value is -3.27. The number of aromatic nitrogens is 2. The second-order valence-electron chi connectivity index (χ2n) is 9.28. The van der Waals surface area contributed by atoms with Crippen LogP contribution in [0.1, 0.15) is 62.7 Å². The van der Waals surface area contributed by atoms with E-state index in [1.807, 2.05) is 20.8 Å². The van der Waals surface area contributed by atoms with E-state index >= 15 is 0 Å². The summed E-state index contributed by atoms with van der Waals surface area (Å²) in [5.41, 5.74) is 1.53. The molecule has 1 amide bonds. The van der Waals surface area contributed by atoms with Crippen molar-refractivity contribution in [3.8, 4) is 21.8 Å². The maximum absolute atomic E-state index is 13.5. The van der Waals surface area contributed by atoms with Crippen molar-refractivity contribution >= 4 is 23.4 Å². The lowest BCUT2D eigenvalue weighted by Gasteiger charge is -2.32. The van der Waals surface area contributed by atoms with Crippen molar-refractivity contribution in [2.45, 2.75) is 52.1 Å². The number of thiazole rings is 1. The number of ether oxygens (including phenoxy) is 2. The van der Waals surface area contributed by atoms with Crippen LogP contribution in [0.5, 0.6) is 0 Å². The van der Waals surface area contributed by atoms with Crippen molar-refractivity contribution in [1.29, 1.82) is 0 Å². The number of carbonyl (C=O) groups excluding carboxylic acids is 2. The van der Waals surface area contributed by atoms with E-state index in [2.05, 4.69) is 10.1 Å². The van der Waals surface area contributed by atoms with Gasteiger partial charge < -0.3 is 18.9 Å². The van der Waals surface area contributed by atoms with Gasteiger partial charge in [-0.15, -0.1) is 11.3 Å². The van der Waals surface area contributed by atoms with E-state index in [0.29, 0.717) is 53.5 Å². The van der Waals surface area contributed by atoms with E-state index in [4.69, 9.17) is 14.0 Å². The standard InChI is InChI=1S/C25H28FN3O5S/c1-5-32-23(30)18-14-35-22(27-18)19-20(15-6-8-17(26)9-7-15)28-34-21(19)16-10-12-29(13-11-16)24(31)33-25(2,3)4/h6-9,14,16H,5,10-13H2,1-4H3. The van der Waals surface area contributed by atoms with Gasteiger partial charge in [-0.2, -0.15) is 0 Å². The number of likely N-dealkylation sites (tertiary alicyclic amines) is 1. The molecule has 1 aliphatic heterocycles. The van der Waals surface area contributed by atoms with Crippen LogP contribution in [-0.4, -0.2) is 52.4 Å². The molecule has 35 heavy (non-hydrogen) atoms. The molecule has 3 heterocycles. The normalized spacial score (nSPS) is 14.7. The van der Waals surface area contributed by atoms with E-state index in [1.165, 1.54) is 23.5 Å². The van der Waals surface area contributed by atoms with Crippen LogP contribution in [-0.2, 0) is 9.47 Å². The molecule has 4 rings (SSSR count). The highest BCUT2D eigenvalue weighted by Crippen LogP contribution is 2.42. The molecular weight excluding hydrogens is 473 g/mol. The highest BCUT2D eigenvalue weighted by molar-refractivity contribution is 7.13. The summed E-state index contributed by atoms with van der Waals surface area (Å²) in [5.74, 6) is -0.229. The summed E-state index contributed by atoms with van der Waals surface area (Å²) in [6.45, 7) is 8.53. The fourth-order valence-electron chi connectivity index (χ4n) is 3.93. The molecule has 0 radical (unpaired) electrons. The van der Waals surface area contributed by atoms with Gasteiger partial charge in [-0.3, -0.25) is 0 Å². The van der Waals surface area contributed by atoms with E-state index in [0.717, 1.165) is 0 Å². The number of halogens is 1. The zero-order valence-electron chi connectivity index (χ0n) is 20.2. The first-order valence-electron chi connectivity index (χ1n) is 11.5. The predicted molar refractivity (Wildman–Crippen MR) is 129 cm³/mol. The second-order valence-corrected chi connectivity index (χ2v) is 10.1. The Balaban J connectivity index is 1.64. The minimum Gasteiger partial charge on any atom is -0.461 e. The van der Waals surface area contributed by atoms with Gasteiger partial charge in [0, 0.05) is 30.0 Å². The highest BCUT2D eigenvalue weighted by atomic mass is 32.1. The van der Waals surface area contributed by atoms with Crippen molar-refractivity contribution in [2.24, 2.45) is 0 Å². The molecule has 0 atom stereocenters. The van der Waals surface area contributed by atoms with Gasteiger partial charge >= 0.3 is 12.1 Å². The maximum Gasteiger partial charge on any atom is 0.410 e. The van der Waals surface area contributed by atoms with Crippen molar-refractivity contribution in [1.82, 2.24) is 15.0 Å². The molecule has 0 spiro atoms. The average molecular weight is 502 g/mol. The molecule has 1 aromatic carbocycles. The Morgan fingerprint density at radius 2 is 1.89 bits per heavy atom.